The molecular formula is C22H26BN2O4. The predicted molar refractivity (Wildman–Crippen MR) is 108 cm³/mol. The number of amides is 1. The smallest absolute Gasteiger partial charge is 0.246 e. The maximum atomic E-state index is 13.3. The summed E-state index contributed by atoms with van der Waals surface area (Å²) in [6.45, 7) is 2.74. The number of aromatic hydroxyl groups is 1. The van der Waals surface area contributed by atoms with Gasteiger partial charge in [-0.1, -0.05) is 25.0 Å². The molecule has 7 heteroatoms. The van der Waals surface area contributed by atoms with Crippen molar-refractivity contribution < 1.29 is 19.7 Å². The van der Waals surface area contributed by atoms with Gasteiger partial charge in [0.15, 0.2) is 11.5 Å². The fourth-order valence-corrected chi connectivity index (χ4v) is 7.41. The van der Waals surface area contributed by atoms with Crippen molar-refractivity contribution in [3.05, 3.63) is 35.4 Å². The quantitative estimate of drug-likeness (QED) is 0.581. The highest BCUT2D eigenvalue weighted by molar-refractivity contribution is 6.35. The molecule has 151 valence electrons. The van der Waals surface area contributed by atoms with Crippen molar-refractivity contribution in [3.8, 4) is 11.5 Å². The van der Waals surface area contributed by atoms with Crippen LogP contribution in [0.4, 0.5) is 0 Å². The summed E-state index contributed by atoms with van der Waals surface area (Å²) in [5.41, 5.74) is 0.192. The molecule has 2 N–H and O–H groups in total. The molecule has 29 heavy (non-hydrogen) atoms. The Hall–Kier alpha value is -1.99. The number of likely N-dealkylation sites (N-methyl/N-ethyl adjacent to an activating group) is 1. The van der Waals surface area contributed by atoms with Crippen LogP contribution >= 0.6 is 0 Å². The third-order valence-electron chi connectivity index (χ3n) is 8.78. The second kappa shape index (κ2) is 5.19. The van der Waals surface area contributed by atoms with Crippen LogP contribution in [0.25, 0.3) is 0 Å². The molecule has 1 saturated carbocycles. The first-order chi connectivity index (χ1) is 13.8. The SMILES string of the molecule is C[B]N(C)C(=O)[C@H]1C[C@@]23C=C[C@]1(O)C1Oc4c(O)ccc5c4[C@@]12CCN(C)[C@@H]3C5. The highest BCUT2D eigenvalue weighted by Crippen LogP contribution is 2.74. The highest BCUT2D eigenvalue weighted by atomic mass is 16.5. The van der Waals surface area contributed by atoms with Gasteiger partial charge in [0, 0.05) is 17.0 Å². The molecule has 1 aromatic carbocycles. The number of ether oxygens (including phenoxy) is 1. The van der Waals surface area contributed by atoms with Gasteiger partial charge in [0.1, 0.15) is 11.7 Å². The monoisotopic (exact) mass is 393 g/mol. The van der Waals surface area contributed by atoms with Gasteiger partial charge in [-0.2, -0.15) is 0 Å². The van der Waals surface area contributed by atoms with Crippen LogP contribution in [-0.2, 0) is 16.6 Å². The third kappa shape index (κ3) is 1.70. The average Bonchev–Trinajstić information content (AvgIpc) is 3.09. The molecule has 4 bridgehead atoms. The maximum absolute atomic E-state index is 13.3. The first kappa shape index (κ1) is 17.8. The van der Waals surface area contributed by atoms with Crippen LogP contribution in [0.5, 0.6) is 11.5 Å². The number of piperidine rings is 1. The first-order valence-corrected chi connectivity index (χ1v) is 10.5. The minimum Gasteiger partial charge on any atom is -0.504 e. The minimum atomic E-state index is -1.39. The molecule has 6 aliphatic rings. The van der Waals surface area contributed by atoms with Gasteiger partial charge in [-0.15, -0.1) is 0 Å². The van der Waals surface area contributed by atoms with E-state index in [0.717, 1.165) is 24.9 Å². The van der Waals surface area contributed by atoms with Crippen molar-refractivity contribution >= 4 is 13.3 Å². The Morgan fingerprint density at radius 2 is 2.17 bits per heavy atom. The molecule has 2 aliphatic heterocycles. The number of fused-ring (bicyclic) bond motifs is 1. The summed E-state index contributed by atoms with van der Waals surface area (Å²) in [4.78, 5) is 17.3. The van der Waals surface area contributed by atoms with Crippen LogP contribution in [0, 0.1) is 11.3 Å². The van der Waals surface area contributed by atoms with E-state index in [-0.39, 0.29) is 23.1 Å². The van der Waals surface area contributed by atoms with Gasteiger partial charge in [-0.25, -0.2) is 0 Å². The number of aliphatic hydroxyl groups is 1. The summed E-state index contributed by atoms with van der Waals surface area (Å²) in [7, 11) is 5.65. The zero-order chi connectivity index (χ0) is 20.3. The Morgan fingerprint density at radius 1 is 1.38 bits per heavy atom. The highest BCUT2D eigenvalue weighted by Gasteiger charge is 2.79. The van der Waals surface area contributed by atoms with Gasteiger partial charge in [0.2, 0.25) is 13.3 Å². The van der Waals surface area contributed by atoms with E-state index in [2.05, 4.69) is 18.0 Å². The molecule has 2 spiro atoms. The van der Waals surface area contributed by atoms with E-state index in [4.69, 9.17) is 4.74 Å². The topological polar surface area (TPSA) is 73.2 Å². The van der Waals surface area contributed by atoms with Crippen molar-refractivity contribution in [3.63, 3.8) is 0 Å². The van der Waals surface area contributed by atoms with Crippen LogP contribution in [0.1, 0.15) is 24.0 Å². The van der Waals surface area contributed by atoms with Gasteiger partial charge >= 0.3 is 0 Å². The van der Waals surface area contributed by atoms with E-state index in [9.17, 15) is 15.0 Å². The first-order valence-electron chi connectivity index (χ1n) is 10.5. The zero-order valence-electron chi connectivity index (χ0n) is 17.1. The summed E-state index contributed by atoms with van der Waals surface area (Å²) in [6.07, 6.45) is 5.76. The van der Waals surface area contributed by atoms with Crippen molar-refractivity contribution in [1.82, 2.24) is 9.71 Å². The van der Waals surface area contributed by atoms with Crippen LogP contribution < -0.4 is 4.74 Å². The van der Waals surface area contributed by atoms with E-state index in [0.29, 0.717) is 12.2 Å². The van der Waals surface area contributed by atoms with Gasteiger partial charge in [-0.05, 0) is 51.5 Å². The van der Waals surface area contributed by atoms with E-state index in [1.807, 2.05) is 19.0 Å². The number of hydrogen-bond donors (Lipinski definition) is 2. The number of rotatable bonds is 2. The third-order valence-corrected chi connectivity index (χ3v) is 8.78. The van der Waals surface area contributed by atoms with Crippen LogP contribution in [0.2, 0.25) is 6.82 Å². The molecular weight excluding hydrogens is 367 g/mol. The summed E-state index contributed by atoms with van der Waals surface area (Å²) in [6, 6.07) is 3.95. The molecule has 1 radical (unpaired) electrons. The normalized spacial score (nSPS) is 43.0. The summed E-state index contributed by atoms with van der Waals surface area (Å²) >= 11 is 0. The molecule has 1 aromatic rings. The van der Waals surface area contributed by atoms with Crippen LogP contribution in [-0.4, -0.2) is 71.6 Å². The zero-order valence-corrected chi connectivity index (χ0v) is 17.1. The molecule has 0 aromatic heterocycles. The summed E-state index contributed by atoms with van der Waals surface area (Å²) in [5, 5.41) is 22.6. The molecule has 1 unspecified atom stereocenters. The standard InChI is InChI=1S/C22H26BN2O4/c1-23-25(3)18(27)13-11-20-6-7-22(13,28)19-21(20)8-9-24(2)15(20)10-12-4-5-14(26)17(29-19)16(12)21/h4-7,13,15,19,26,28H,8-11H2,1-3H3/t13-,15-,19?,20-,21+,22-/m1/s1. The number of hydrogen-bond acceptors (Lipinski definition) is 5. The Kier molecular flexibility index (Phi) is 3.19. The number of carbonyl (C=O) groups excluding carboxylic acids is 1. The van der Waals surface area contributed by atoms with Gasteiger partial charge in [-0.3, -0.25) is 4.79 Å². The van der Waals surface area contributed by atoms with Gasteiger partial charge < -0.3 is 24.7 Å². The lowest BCUT2D eigenvalue weighted by Gasteiger charge is -2.70. The molecule has 1 amide bonds. The Bertz CT molecular complexity index is 982. The van der Waals surface area contributed by atoms with E-state index >= 15 is 0 Å². The second-order valence-corrected chi connectivity index (χ2v) is 9.59. The lowest BCUT2D eigenvalue weighted by molar-refractivity contribution is -0.206. The number of benzene rings is 1. The van der Waals surface area contributed by atoms with E-state index in [1.165, 1.54) is 5.56 Å². The molecule has 2 fully saturated rings. The van der Waals surface area contributed by atoms with Gasteiger partial charge in [0.25, 0.3) is 0 Å². The maximum Gasteiger partial charge on any atom is 0.246 e. The molecule has 6 nitrogen and oxygen atoms in total. The largest absolute Gasteiger partial charge is 0.504 e. The van der Waals surface area contributed by atoms with Crippen molar-refractivity contribution in [2.45, 2.75) is 49.2 Å². The number of phenols is 1. The van der Waals surface area contributed by atoms with Crippen molar-refractivity contribution in [2.75, 3.05) is 20.6 Å². The lowest BCUT2D eigenvalue weighted by Crippen LogP contribution is -2.79. The number of likely N-dealkylation sites (tertiary alicyclic amines) is 1. The Balaban J connectivity index is 1.63. The van der Waals surface area contributed by atoms with Crippen LogP contribution in [0.15, 0.2) is 24.3 Å². The van der Waals surface area contributed by atoms with Crippen molar-refractivity contribution in [2.24, 2.45) is 11.3 Å². The minimum absolute atomic E-state index is 0.0797. The summed E-state index contributed by atoms with van der Waals surface area (Å²) in [5.74, 6) is -0.00171. The van der Waals surface area contributed by atoms with Crippen molar-refractivity contribution in [1.29, 1.82) is 0 Å². The molecule has 4 aliphatic carbocycles. The fourth-order valence-electron chi connectivity index (χ4n) is 7.41. The Labute approximate surface area is 171 Å². The Morgan fingerprint density at radius 3 is 2.93 bits per heavy atom. The number of carbonyl (C=O) groups is 1. The number of nitrogens with zero attached hydrogens (tertiary/aromatic N) is 2. The molecule has 1 saturated heterocycles. The number of phenolic OH excluding ortho intramolecular Hbond substituents is 1. The fraction of sp³-hybridized carbons (Fsp3) is 0.591. The summed E-state index contributed by atoms with van der Waals surface area (Å²) < 4.78 is 6.42. The van der Waals surface area contributed by atoms with Gasteiger partial charge in [0.05, 0.1) is 11.3 Å². The lowest BCUT2D eigenvalue weighted by atomic mass is 9.37. The van der Waals surface area contributed by atoms with E-state index in [1.54, 1.807) is 25.3 Å². The second-order valence-electron chi connectivity index (χ2n) is 9.59. The van der Waals surface area contributed by atoms with Crippen LogP contribution in [0.3, 0.4) is 0 Å². The molecule has 7 rings (SSSR count). The van der Waals surface area contributed by atoms with E-state index < -0.39 is 23.0 Å². The average molecular weight is 393 g/mol. The molecule has 6 atom stereocenters. The predicted octanol–water partition coefficient (Wildman–Crippen LogP) is 1.08. The molecule has 2 heterocycles.